The molecule has 2 saturated heterocycles. The van der Waals surface area contributed by atoms with Gasteiger partial charge in [-0.25, -0.2) is 4.98 Å². The van der Waals surface area contributed by atoms with Crippen molar-refractivity contribution in [3.05, 3.63) is 36.4 Å². The quantitative estimate of drug-likeness (QED) is 0.748. The van der Waals surface area contributed by atoms with E-state index < -0.39 is 0 Å². The van der Waals surface area contributed by atoms with Gasteiger partial charge in [-0.3, -0.25) is 4.79 Å². The molecule has 0 spiro atoms. The maximum absolute atomic E-state index is 12.3. The average molecular weight is 298 g/mol. The highest BCUT2D eigenvalue weighted by molar-refractivity contribution is 5.90. The van der Waals surface area contributed by atoms with Crippen LogP contribution in [-0.2, 0) is 0 Å². The summed E-state index contributed by atoms with van der Waals surface area (Å²) in [6.07, 6.45) is 4.87. The monoisotopic (exact) mass is 298 g/mol. The normalized spacial score (nSPS) is 26.3. The fraction of sp³-hybridized carbons (Fsp3) is 0.375. The molecule has 0 unspecified atom stereocenters. The molecule has 2 bridgehead atoms. The van der Waals surface area contributed by atoms with E-state index in [1.807, 2.05) is 12.1 Å². The summed E-state index contributed by atoms with van der Waals surface area (Å²) in [6, 6.07) is 8.42. The number of fused-ring (bicyclic) bond motifs is 2. The summed E-state index contributed by atoms with van der Waals surface area (Å²) in [5.41, 5.74) is 7.22. The Kier molecular flexibility index (Phi) is 3.11. The molecule has 2 fully saturated rings. The minimum atomic E-state index is -0.255. The number of rotatable bonds is 3. The fourth-order valence-corrected chi connectivity index (χ4v) is 3.42. The number of nitrogens with two attached hydrogens (primary N) is 1. The van der Waals surface area contributed by atoms with Gasteiger partial charge in [0.05, 0.1) is 6.20 Å². The van der Waals surface area contributed by atoms with Crippen molar-refractivity contribution in [1.82, 2.24) is 15.6 Å². The van der Waals surface area contributed by atoms with Gasteiger partial charge in [-0.05, 0) is 31.4 Å². The summed E-state index contributed by atoms with van der Waals surface area (Å²) in [4.78, 5) is 16.4. The number of carbonyl (C=O) groups excluding carboxylic acids is 1. The number of nitrogens with zero attached hydrogens (tertiary/aromatic N) is 1. The third-order valence-corrected chi connectivity index (χ3v) is 4.49. The number of benzene rings is 1. The van der Waals surface area contributed by atoms with Crippen LogP contribution in [0.1, 0.15) is 29.9 Å². The number of nitrogens with one attached hydrogen (secondary N) is 2. The van der Waals surface area contributed by atoms with E-state index in [4.69, 9.17) is 10.2 Å². The van der Waals surface area contributed by atoms with Gasteiger partial charge in [0.15, 0.2) is 5.76 Å². The Morgan fingerprint density at radius 3 is 3.05 bits per heavy atom. The zero-order chi connectivity index (χ0) is 15.1. The molecule has 114 valence electrons. The Morgan fingerprint density at radius 1 is 1.41 bits per heavy atom. The van der Waals surface area contributed by atoms with Gasteiger partial charge in [0.2, 0.25) is 0 Å². The number of carbonyl (C=O) groups is 1. The van der Waals surface area contributed by atoms with E-state index in [-0.39, 0.29) is 17.8 Å². The van der Waals surface area contributed by atoms with E-state index >= 15 is 0 Å². The molecule has 1 aromatic carbocycles. The van der Waals surface area contributed by atoms with Crippen LogP contribution in [0.4, 0.5) is 5.69 Å². The Labute approximate surface area is 128 Å². The molecule has 3 atom stereocenters. The molecule has 22 heavy (non-hydrogen) atoms. The molecule has 1 aromatic heterocycles. The SMILES string of the molecule is Nc1cccc(-c2cnc(C(=O)N[C@@H]3C[C@H]4CC[C@@H]3N4)o2)c1. The molecular weight excluding hydrogens is 280 g/mol. The molecule has 2 aliphatic rings. The minimum Gasteiger partial charge on any atom is -0.432 e. The minimum absolute atomic E-state index is 0.0974. The molecule has 6 heteroatoms. The highest BCUT2D eigenvalue weighted by Gasteiger charge is 2.40. The average Bonchev–Trinajstić information content (AvgIpc) is 3.23. The number of nitrogen functional groups attached to an aromatic ring is 1. The summed E-state index contributed by atoms with van der Waals surface area (Å²) in [5.74, 6) is 0.387. The van der Waals surface area contributed by atoms with Crippen LogP contribution in [0.5, 0.6) is 0 Å². The summed E-state index contributed by atoms with van der Waals surface area (Å²) in [6.45, 7) is 0. The molecule has 2 aliphatic heterocycles. The van der Waals surface area contributed by atoms with Crippen LogP contribution in [-0.4, -0.2) is 29.0 Å². The molecular formula is C16H18N4O2. The number of hydrogen-bond donors (Lipinski definition) is 3. The van der Waals surface area contributed by atoms with Crippen molar-refractivity contribution < 1.29 is 9.21 Å². The van der Waals surface area contributed by atoms with E-state index in [9.17, 15) is 4.79 Å². The Bertz CT molecular complexity index is 712. The molecule has 0 radical (unpaired) electrons. The number of anilines is 1. The molecule has 6 nitrogen and oxygen atoms in total. The third kappa shape index (κ3) is 2.35. The van der Waals surface area contributed by atoms with E-state index in [2.05, 4.69) is 15.6 Å². The second kappa shape index (κ2) is 5.14. The zero-order valence-electron chi connectivity index (χ0n) is 12.1. The molecule has 2 aromatic rings. The number of hydrogen-bond acceptors (Lipinski definition) is 5. The van der Waals surface area contributed by atoms with Gasteiger partial charge in [-0.2, -0.15) is 0 Å². The largest absolute Gasteiger partial charge is 0.432 e. The van der Waals surface area contributed by atoms with Crippen molar-refractivity contribution in [2.24, 2.45) is 0 Å². The van der Waals surface area contributed by atoms with Crippen LogP contribution in [0.15, 0.2) is 34.9 Å². The molecule has 3 heterocycles. The van der Waals surface area contributed by atoms with E-state index in [0.717, 1.165) is 18.4 Å². The lowest BCUT2D eigenvalue weighted by atomic mass is 9.95. The molecule has 4 rings (SSSR count). The summed E-state index contributed by atoms with van der Waals surface area (Å²) >= 11 is 0. The molecule has 0 aliphatic carbocycles. The van der Waals surface area contributed by atoms with Crippen molar-refractivity contribution in [2.45, 2.75) is 37.4 Å². The third-order valence-electron chi connectivity index (χ3n) is 4.49. The Balaban J connectivity index is 1.48. The molecule has 0 saturated carbocycles. The van der Waals surface area contributed by atoms with Gasteiger partial charge in [-0.1, -0.05) is 12.1 Å². The van der Waals surface area contributed by atoms with Gasteiger partial charge in [0.25, 0.3) is 5.89 Å². The lowest BCUT2D eigenvalue weighted by Gasteiger charge is -2.20. The first-order valence-electron chi connectivity index (χ1n) is 7.58. The van der Waals surface area contributed by atoms with Crippen molar-refractivity contribution in [3.63, 3.8) is 0 Å². The van der Waals surface area contributed by atoms with Gasteiger partial charge in [-0.15, -0.1) is 0 Å². The number of aromatic nitrogens is 1. The van der Waals surface area contributed by atoms with E-state index in [1.165, 1.54) is 6.42 Å². The first-order chi connectivity index (χ1) is 10.7. The fourth-order valence-electron chi connectivity index (χ4n) is 3.42. The predicted molar refractivity (Wildman–Crippen MR) is 82.2 cm³/mol. The van der Waals surface area contributed by atoms with Gasteiger partial charge in [0, 0.05) is 29.4 Å². The summed E-state index contributed by atoms with van der Waals surface area (Å²) in [5, 5.41) is 6.51. The second-order valence-electron chi connectivity index (χ2n) is 6.02. The predicted octanol–water partition coefficient (Wildman–Crippen LogP) is 1.55. The Morgan fingerprint density at radius 2 is 2.32 bits per heavy atom. The van der Waals surface area contributed by atoms with Gasteiger partial charge in [0.1, 0.15) is 0 Å². The number of oxazole rings is 1. The van der Waals surface area contributed by atoms with E-state index in [0.29, 0.717) is 23.5 Å². The van der Waals surface area contributed by atoms with Gasteiger partial charge >= 0.3 is 5.91 Å². The van der Waals surface area contributed by atoms with Crippen LogP contribution >= 0.6 is 0 Å². The van der Waals surface area contributed by atoms with Crippen molar-refractivity contribution in [3.8, 4) is 11.3 Å². The zero-order valence-corrected chi connectivity index (χ0v) is 12.1. The van der Waals surface area contributed by atoms with Gasteiger partial charge < -0.3 is 20.8 Å². The highest BCUT2D eigenvalue weighted by atomic mass is 16.4. The van der Waals surface area contributed by atoms with Crippen LogP contribution in [0.3, 0.4) is 0 Å². The van der Waals surface area contributed by atoms with Crippen LogP contribution in [0.25, 0.3) is 11.3 Å². The first kappa shape index (κ1) is 13.3. The van der Waals surface area contributed by atoms with Crippen LogP contribution in [0.2, 0.25) is 0 Å². The van der Waals surface area contributed by atoms with Crippen molar-refractivity contribution in [2.75, 3.05) is 5.73 Å². The summed E-state index contributed by atoms with van der Waals surface area (Å²) in [7, 11) is 0. The van der Waals surface area contributed by atoms with E-state index in [1.54, 1.807) is 18.3 Å². The topological polar surface area (TPSA) is 93.2 Å². The van der Waals surface area contributed by atoms with Crippen LogP contribution < -0.4 is 16.4 Å². The van der Waals surface area contributed by atoms with Crippen molar-refractivity contribution in [1.29, 1.82) is 0 Å². The summed E-state index contributed by atoms with van der Waals surface area (Å²) < 4.78 is 5.58. The lowest BCUT2D eigenvalue weighted by molar-refractivity contribution is 0.0896. The molecule has 4 N–H and O–H groups in total. The standard InChI is InChI=1S/C16H18N4O2/c17-10-3-1-2-9(6-10)14-8-18-16(22-14)15(21)20-13-7-11-4-5-12(13)19-11/h1-3,6,8,11-13,19H,4-5,7,17H2,(H,20,21)/t11-,12+,13-/m1/s1. The maximum Gasteiger partial charge on any atom is 0.307 e. The number of amides is 1. The highest BCUT2D eigenvalue weighted by Crippen LogP contribution is 2.28. The first-order valence-corrected chi connectivity index (χ1v) is 7.58. The second-order valence-corrected chi connectivity index (χ2v) is 6.02. The molecule has 1 amide bonds. The van der Waals surface area contributed by atoms with Crippen LogP contribution in [0, 0.1) is 0 Å². The lowest BCUT2D eigenvalue weighted by Crippen LogP contribution is -2.43. The Hall–Kier alpha value is -2.34. The maximum atomic E-state index is 12.3. The van der Waals surface area contributed by atoms with Crippen molar-refractivity contribution >= 4 is 11.6 Å². The smallest absolute Gasteiger partial charge is 0.307 e.